The lowest BCUT2D eigenvalue weighted by atomic mass is 10.1. The first-order valence-electron chi connectivity index (χ1n) is 8.74. The molecule has 0 unspecified atom stereocenters. The number of halogens is 1. The summed E-state index contributed by atoms with van der Waals surface area (Å²) in [5.41, 5.74) is 0.980. The molecule has 1 aromatic rings. The minimum Gasteiger partial charge on any atom is -0.450 e. The molecule has 1 aliphatic rings. The van der Waals surface area contributed by atoms with Crippen molar-refractivity contribution in [3.05, 3.63) is 35.6 Å². The first-order chi connectivity index (χ1) is 12.1. The van der Waals surface area contributed by atoms with Gasteiger partial charge in [-0.05, 0) is 37.5 Å². The van der Waals surface area contributed by atoms with Gasteiger partial charge in [0.05, 0.1) is 6.61 Å². The number of piperidine rings is 1. The van der Waals surface area contributed by atoms with E-state index in [0.717, 1.165) is 18.4 Å². The van der Waals surface area contributed by atoms with Crippen molar-refractivity contribution in [3.8, 4) is 0 Å². The van der Waals surface area contributed by atoms with Crippen molar-refractivity contribution in [1.82, 2.24) is 15.5 Å². The maximum Gasteiger partial charge on any atom is 0.409 e. The van der Waals surface area contributed by atoms with Crippen LogP contribution in [0.4, 0.5) is 9.18 Å². The van der Waals surface area contributed by atoms with E-state index >= 15 is 0 Å². The van der Waals surface area contributed by atoms with Gasteiger partial charge in [0, 0.05) is 38.6 Å². The van der Waals surface area contributed by atoms with E-state index in [1.165, 1.54) is 12.1 Å². The number of ether oxygens (including phenoxy) is 1. The molecule has 7 heteroatoms. The highest BCUT2D eigenvalue weighted by Crippen LogP contribution is 2.11. The summed E-state index contributed by atoms with van der Waals surface area (Å²) in [5.74, 6) is -0.252. The summed E-state index contributed by atoms with van der Waals surface area (Å²) in [4.78, 5) is 25.3. The Bertz CT molecular complexity index is 557. The normalized spacial score (nSPS) is 15.0. The molecule has 1 fully saturated rings. The van der Waals surface area contributed by atoms with E-state index < -0.39 is 0 Å². The van der Waals surface area contributed by atoms with E-state index in [2.05, 4.69) is 10.6 Å². The SMILES string of the molecule is CCOC(=O)N1CCC(NC(=O)CCNCc2ccc(F)cc2)CC1. The Kier molecular flexibility index (Phi) is 7.66. The number of rotatable bonds is 7. The molecule has 1 aromatic carbocycles. The third-order valence-electron chi connectivity index (χ3n) is 4.16. The quantitative estimate of drug-likeness (QED) is 0.738. The Morgan fingerprint density at radius 3 is 2.56 bits per heavy atom. The van der Waals surface area contributed by atoms with Crippen LogP contribution in [0.3, 0.4) is 0 Å². The van der Waals surface area contributed by atoms with Crippen LogP contribution in [0.1, 0.15) is 31.7 Å². The van der Waals surface area contributed by atoms with Gasteiger partial charge in [0.2, 0.25) is 5.91 Å². The summed E-state index contributed by atoms with van der Waals surface area (Å²) in [6, 6.07) is 6.40. The molecule has 1 aliphatic heterocycles. The van der Waals surface area contributed by atoms with Crippen molar-refractivity contribution in [1.29, 1.82) is 0 Å². The van der Waals surface area contributed by atoms with Gasteiger partial charge in [-0.1, -0.05) is 12.1 Å². The highest BCUT2D eigenvalue weighted by atomic mass is 19.1. The number of carbonyl (C=O) groups excluding carboxylic acids is 2. The molecule has 0 bridgehead atoms. The van der Waals surface area contributed by atoms with Gasteiger partial charge in [-0.3, -0.25) is 4.79 Å². The zero-order chi connectivity index (χ0) is 18.1. The lowest BCUT2D eigenvalue weighted by molar-refractivity contribution is -0.122. The van der Waals surface area contributed by atoms with Crippen LogP contribution in [0.15, 0.2) is 24.3 Å². The van der Waals surface area contributed by atoms with E-state index in [4.69, 9.17) is 4.74 Å². The molecule has 0 saturated carbocycles. The van der Waals surface area contributed by atoms with Gasteiger partial charge in [-0.2, -0.15) is 0 Å². The van der Waals surface area contributed by atoms with Crippen LogP contribution in [0.25, 0.3) is 0 Å². The fraction of sp³-hybridized carbons (Fsp3) is 0.556. The second-order valence-corrected chi connectivity index (χ2v) is 6.08. The van der Waals surface area contributed by atoms with Gasteiger partial charge < -0.3 is 20.3 Å². The van der Waals surface area contributed by atoms with Crippen molar-refractivity contribution in [2.45, 2.75) is 38.8 Å². The van der Waals surface area contributed by atoms with Crippen LogP contribution in [0.2, 0.25) is 0 Å². The van der Waals surface area contributed by atoms with Crippen LogP contribution in [-0.2, 0) is 16.1 Å². The maximum absolute atomic E-state index is 12.8. The van der Waals surface area contributed by atoms with Crippen molar-refractivity contribution in [2.75, 3.05) is 26.2 Å². The first-order valence-corrected chi connectivity index (χ1v) is 8.74. The molecule has 0 atom stereocenters. The molecule has 2 amide bonds. The summed E-state index contributed by atoms with van der Waals surface area (Å²) < 4.78 is 17.8. The van der Waals surface area contributed by atoms with Crippen molar-refractivity contribution in [3.63, 3.8) is 0 Å². The van der Waals surface area contributed by atoms with Crippen molar-refractivity contribution >= 4 is 12.0 Å². The number of nitrogens with one attached hydrogen (secondary N) is 2. The Hall–Kier alpha value is -2.15. The number of hydrogen-bond donors (Lipinski definition) is 2. The fourth-order valence-electron chi connectivity index (χ4n) is 2.76. The summed E-state index contributed by atoms with van der Waals surface area (Å²) in [5, 5.41) is 6.18. The molecule has 1 saturated heterocycles. The molecule has 138 valence electrons. The van der Waals surface area contributed by atoms with Crippen molar-refractivity contribution < 1.29 is 18.7 Å². The Labute approximate surface area is 147 Å². The summed E-state index contributed by atoms with van der Waals surface area (Å²) in [6.45, 7) is 4.53. The Balaban J connectivity index is 1.58. The molecule has 6 nitrogen and oxygen atoms in total. The predicted molar refractivity (Wildman–Crippen MR) is 92.5 cm³/mol. The standard InChI is InChI=1S/C18H26FN3O3/c1-2-25-18(24)22-11-8-16(9-12-22)21-17(23)7-10-20-13-14-3-5-15(19)6-4-14/h3-6,16,20H,2,7-13H2,1H3,(H,21,23). The summed E-state index contributed by atoms with van der Waals surface area (Å²) >= 11 is 0. The molecule has 0 radical (unpaired) electrons. The number of likely N-dealkylation sites (tertiary alicyclic amines) is 1. The first kappa shape index (κ1) is 19.2. The fourth-order valence-corrected chi connectivity index (χ4v) is 2.76. The lowest BCUT2D eigenvalue weighted by Gasteiger charge is -2.31. The van der Waals surface area contributed by atoms with Crippen LogP contribution >= 0.6 is 0 Å². The molecule has 1 heterocycles. The largest absolute Gasteiger partial charge is 0.450 e. The van der Waals surface area contributed by atoms with E-state index in [1.807, 2.05) is 0 Å². The van der Waals surface area contributed by atoms with E-state index in [1.54, 1.807) is 24.0 Å². The second-order valence-electron chi connectivity index (χ2n) is 6.08. The minimum absolute atomic E-state index is 0.00110. The van der Waals surface area contributed by atoms with Crippen LogP contribution in [0.5, 0.6) is 0 Å². The molecular formula is C18H26FN3O3. The lowest BCUT2D eigenvalue weighted by Crippen LogP contribution is -2.47. The maximum atomic E-state index is 12.8. The summed E-state index contributed by atoms with van der Waals surface area (Å²) in [6.07, 6.45) is 1.60. The monoisotopic (exact) mass is 351 g/mol. The van der Waals surface area contributed by atoms with Gasteiger partial charge in [-0.25, -0.2) is 9.18 Å². The second kappa shape index (κ2) is 9.98. The molecular weight excluding hydrogens is 325 g/mol. The van der Waals surface area contributed by atoms with Gasteiger partial charge in [0.1, 0.15) is 5.82 Å². The molecule has 0 spiro atoms. The topological polar surface area (TPSA) is 70.7 Å². The molecule has 2 rings (SSSR count). The minimum atomic E-state index is -0.280. The highest BCUT2D eigenvalue weighted by molar-refractivity contribution is 5.76. The Morgan fingerprint density at radius 1 is 1.24 bits per heavy atom. The number of carbonyl (C=O) groups is 2. The van der Waals surface area contributed by atoms with Crippen LogP contribution < -0.4 is 10.6 Å². The van der Waals surface area contributed by atoms with E-state index in [-0.39, 0.29) is 23.9 Å². The third-order valence-corrected chi connectivity index (χ3v) is 4.16. The average molecular weight is 351 g/mol. The average Bonchev–Trinajstić information content (AvgIpc) is 2.61. The van der Waals surface area contributed by atoms with Gasteiger partial charge in [0.15, 0.2) is 0 Å². The Morgan fingerprint density at radius 2 is 1.92 bits per heavy atom. The molecule has 25 heavy (non-hydrogen) atoms. The van der Waals surface area contributed by atoms with Crippen LogP contribution in [-0.4, -0.2) is 49.2 Å². The zero-order valence-electron chi connectivity index (χ0n) is 14.6. The van der Waals surface area contributed by atoms with Crippen LogP contribution in [0, 0.1) is 5.82 Å². The number of amides is 2. The molecule has 2 N–H and O–H groups in total. The molecule has 0 aliphatic carbocycles. The van der Waals surface area contributed by atoms with Crippen molar-refractivity contribution in [2.24, 2.45) is 0 Å². The predicted octanol–water partition coefficient (Wildman–Crippen LogP) is 2.04. The van der Waals surface area contributed by atoms with Gasteiger partial charge in [-0.15, -0.1) is 0 Å². The molecule has 0 aromatic heterocycles. The van der Waals surface area contributed by atoms with E-state index in [9.17, 15) is 14.0 Å². The van der Waals surface area contributed by atoms with Gasteiger partial charge in [0.25, 0.3) is 0 Å². The third kappa shape index (κ3) is 6.70. The number of hydrogen-bond acceptors (Lipinski definition) is 4. The zero-order valence-corrected chi connectivity index (χ0v) is 14.6. The van der Waals surface area contributed by atoms with E-state index in [0.29, 0.717) is 39.2 Å². The number of benzene rings is 1. The smallest absolute Gasteiger partial charge is 0.409 e. The number of nitrogens with zero attached hydrogens (tertiary/aromatic N) is 1. The summed E-state index contributed by atoms with van der Waals surface area (Å²) in [7, 11) is 0. The van der Waals surface area contributed by atoms with Gasteiger partial charge >= 0.3 is 6.09 Å². The highest BCUT2D eigenvalue weighted by Gasteiger charge is 2.24.